The van der Waals surface area contributed by atoms with Crippen LogP contribution >= 0.6 is 15.9 Å². The Morgan fingerprint density at radius 3 is 3.00 bits per heavy atom. The molecule has 0 unspecified atom stereocenters. The predicted molar refractivity (Wildman–Crippen MR) is 70.4 cm³/mol. The van der Waals surface area contributed by atoms with E-state index >= 15 is 0 Å². The number of halogens is 2. The summed E-state index contributed by atoms with van der Waals surface area (Å²) < 4.78 is 19.2. The molecule has 1 aromatic heterocycles. The molecule has 0 aliphatic rings. The number of anilines is 1. The molecule has 6 heteroatoms. The van der Waals surface area contributed by atoms with E-state index in [-0.39, 0.29) is 5.82 Å². The van der Waals surface area contributed by atoms with E-state index in [2.05, 4.69) is 31.2 Å². The van der Waals surface area contributed by atoms with E-state index < -0.39 is 0 Å². The third-order valence-electron chi connectivity index (χ3n) is 2.08. The predicted octanol–water partition coefficient (Wildman–Crippen LogP) is 3.60. The highest BCUT2D eigenvalue weighted by Crippen LogP contribution is 2.29. The highest BCUT2D eigenvalue weighted by atomic mass is 79.9. The van der Waals surface area contributed by atoms with Crippen molar-refractivity contribution in [1.82, 2.24) is 9.97 Å². The minimum atomic E-state index is -0.371. The van der Waals surface area contributed by atoms with E-state index in [1.165, 1.54) is 18.3 Å². The Kier molecular flexibility index (Phi) is 4.09. The fraction of sp³-hybridized carbons (Fsp3) is 0.167. The van der Waals surface area contributed by atoms with E-state index in [0.717, 1.165) is 6.54 Å². The highest BCUT2D eigenvalue weighted by Gasteiger charge is 2.06. The van der Waals surface area contributed by atoms with Crippen LogP contribution in [0.4, 0.5) is 10.2 Å². The molecule has 1 aromatic carbocycles. The summed E-state index contributed by atoms with van der Waals surface area (Å²) in [6, 6.07) is 4.20. The average Bonchev–Trinajstić information content (AvgIpc) is 2.35. The van der Waals surface area contributed by atoms with Gasteiger partial charge in [-0.25, -0.2) is 4.39 Å². The monoisotopic (exact) mass is 311 g/mol. The van der Waals surface area contributed by atoms with Gasteiger partial charge in [-0.3, -0.25) is 4.98 Å². The zero-order valence-electron chi connectivity index (χ0n) is 9.65. The first kappa shape index (κ1) is 12.8. The van der Waals surface area contributed by atoms with Crippen molar-refractivity contribution in [2.24, 2.45) is 0 Å². The van der Waals surface area contributed by atoms with Crippen LogP contribution in [0, 0.1) is 5.82 Å². The van der Waals surface area contributed by atoms with Crippen LogP contribution < -0.4 is 10.1 Å². The summed E-state index contributed by atoms with van der Waals surface area (Å²) in [7, 11) is 0. The van der Waals surface area contributed by atoms with Crippen molar-refractivity contribution in [3.63, 3.8) is 0 Å². The maximum atomic E-state index is 13.1. The first-order valence-corrected chi connectivity index (χ1v) is 6.17. The van der Waals surface area contributed by atoms with Crippen molar-refractivity contribution in [3.05, 3.63) is 40.9 Å². The quantitative estimate of drug-likeness (QED) is 0.937. The van der Waals surface area contributed by atoms with Crippen molar-refractivity contribution in [1.29, 1.82) is 0 Å². The molecule has 0 aliphatic heterocycles. The topological polar surface area (TPSA) is 47.0 Å². The fourth-order valence-corrected chi connectivity index (χ4v) is 1.66. The Bertz CT molecular complexity index is 551. The van der Waals surface area contributed by atoms with Crippen molar-refractivity contribution in [3.8, 4) is 11.6 Å². The number of hydrogen-bond acceptors (Lipinski definition) is 4. The maximum Gasteiger partial charge on any atom is 0.239 e. The molecule has 0 radical (unpaired) electrons. The second-order valence-electron chi connectivity index (χ2n) is 3.45. The van der Waals surface area contributed by atoms with Crippen molar-refractivity contribution >= 4 is 21.7 Å². The van der Waals surface area contributed by atoms with Gasteiger partial charge in [0.2, 0.25) is 5.88 Å². The number of rotatable bonds is 4. The number of nitrogens with zero attached hydrogens (tertiary/aromatic N) is 2. The zero-order valence-corrected chi connectivity index (χ0v) is 11.2. The van der Waals surface area contributed by atoms with Gasteiger partial charge in [0.15, 0.2) is 0 Å². The van der Waals surface area contributed by atoms with Gasteiger partial charge >= 0.3 is 0 Å². The molecule has 4 nitrogen and oxygen atoms in total. The van der Waals surface area contributed by atoms with Crippen molar-refractivity contribution in [2.75, 3.05) is 11.9 Å². The number of benzene rings is 1. The van der Waals surface area contributed by atoms with Gasteiger partial charge in [0, 0.05) is 12.6 Å². The summed E-state index contributed by atoms with van der Waals surface area (Å²) in [5, 5.41) is 3.02. The molecule has 0 amide bonds. The molecule has 1 N–H and O–H groups in total. The minimum Gasteiger partial charge on any atom is -0.436 e. The molecule has 2 rings (SSSR count). The Labute approximate surface area is 112 Å². The van der Waals surface area contributed by atoms with Crippen LogP contribution in [-0.2, 0) is 0 Å². The highest BCUT2D eigenvalue weighted by molar-refractivity contribution is 9.10. The van der Waals surface area contributed by atoms with Gasteiger partial charge in [-0.05, 0) is 35.0 Å². The molecule has 0 atom stereocenters. The van der Waals surface area contributed by atoms with Gasteiger partial charge < -0.3 is 10.1 Å². The number of nitrogens with one attached hydrogen (secondary N) is 1. The summed E-state index contributed by atoms with van der Waals surface area (Å²) in [4.78, 5) is 8.18. The molecule has 0 fully saturated rings. The summed E-state index contributed by atoms with van der Waals surface area (Å²) in [6.07, 6.45) is 3.06. The standard InChI is InChI=1S/C12H11BrFN3O/c1-2-16-11-6-15-7-12(17-11)18-10-5-8(14)3-4-9(10)13/h3-7H,2H2,1H3,(H,16,17). The molecule has 18 heavy (non-hydrogen) atoms. The first-order chi connectivity index (χ1) is 8.69. The van der Waals surface area contributed by atoms with Gasteiger partial charge in [-0.1, -0.05) is 0 Å². The Balaban J connectivity index is 2.22. The Morgan fingerprint density at radius 2 is 2.22 bits per heavy atom. The maximum absolute atomic E-state index is 13.1. The van der Waals surface area contributed by atoms with Crippen LogP contribution in [0.5, 0.6) is 11.6 Å². The zero-order chi connectivity index (χ0) is 13.0. The Morgan fingerprint density at radius 1 is 1.39 bits per heavy atom. The average molecular weight is 312 g/mol. The van der Waals surface area contributed by atoms with Gasteiger partial charge in [-0.15, -0.1) is 0 Å². The van der Waals surface area contributed by atoms with Crippen LogP contribution in [0.3, 0.4) is 0 Å². The second kappa shape index (κ2) is 5.77. The van der Waals surface area contributed by atoms with E-state index in [1.807, 2.05) is 6.92 Å². The third kappa shape index (κ3) is 3.16. The van der Waals surface area contributed by atoms with E-state index in [4.69, 9.17) is 4.74 Å². The lowest BCUT2D eigenvalue weighted by Crippen LogP contribution is -2.00. The molecule has 0 bridgehead atoms. The number of ether oxygens (including phenoxy) is 1. The van der Waals surface area contributed by atoms with E-state index in [9.17, 15) is 4.39 Å². The van der Waals surface area contributed by atoms with Crippen LogP contribution in [0.15, 0.2) is 35.1 Å². The largest absolute Gasteiger partial charge is 0.436 e. The molecule has 0 spiro atoms. The minimum absolute atomic E-state index is 0.305. The summed E-state index contributed by atoms with van der Waals surface area (Å²) >= 11 is 3.28. The molecular weight excluding hydrogens is 301 g/mol. The van der Waals surface area contributed by atoms with Crippen LogP contribution in [0.2, 0.25) is 0 Å². The first-order valence-electron chi connectivity index (χ1n) is 5.38. The third-order valence-corrected chi connectivity index (χ3v) is 2.73. The van der Waals surface area contributed by atoms with Crippen LogP contribution in [-0.4, -0.2) is 16.5 Å². The molecule has 0 saturated carbocycles. The van der Waals surface area contributed by atoms with E-state index in [0.29, 0.717) is 21.9 Å². The van der Waals surface area contributed by atoms with E-state index in [1.54, 1.807) is 12.3 Å². The van der Waals surface area contributed by atoms with Gasteiger partial charge in [-0.2, -0.15) is 4.98 Å². The lowest BCUT2D eigenvalue weighted by atomic mass is 10.3. The summed E-state index contributed by atoms with van der Waals surface area (Å²) in [6.45, 7) is 2.69. The molecular formula is C12H11BrFN3O. The van der Waals surface area contributed by atoms with Gasteiger partial charge in [0.25, 0.3) is 0 Å². The van der Waals surface area contributed by atoms with Gasteiger partial charge in [0.05, 0.1) is 16.9 Å². The molecule has 0 aliphatic carbocycles. The van der Waals surface area contributed by atoms with Crippen molar-refractivity contribution < 1.29 is 9.13 Å². The molecule has 2 aromatic rings. The van der Waals surface area contributed by atoms with Gasteiger partial charge in [0.1, 0.15) is 17.4 Å². The smallest absolute Gasteiger partial charge is 0.239 e. The molecule has 94 valence electrons. The van der Waals surface area contributed by atoms with Crippen LogP contribution in [0.1, 0.15) is 6.92 Å². The molecule has 1 heterocycles. The van der Waals surface area contributed by atoms with Crippen LogP contribution in [0.25, 0.3) is 0 Å². The lowest BCUT2D eigenvalue weighted by Gasteiger charge is -2.08. The lowest BCUT2D eigenvalue weighted by molar-refractivity contribution is 0.453. The number of aromatic nitrogens is 2. The number of hydrogen-bond donors (Lipinski definition) is 1. The Hall–Kier alpha value is -1.69. The second-order valence-corrected chi connectivity index (χ2v) is 4.30. The van der Waals surface area contributed by atoms with Crippen molar-refractivity contribution in [2.45, 2.75) is 6.92 Å². The SMILES string of the molecule is CCNc1cncc(Oc2cc(F)ccc2Br)n1. The summed E-state index contributed by atoms with van der Waals surface area (Å²) in [5.41, 5.74) is 0. The normalized spacial score (nSPS) is 10.2. The molecule has 0 saturated heterocycles. The summed E-state index contributed by atoms with van der Waals surface area (Å²) in [5.74, 6) is 0.907. The fourth-order valence-electron chi connectivity index (χ4n) is 1.33.